The van der Waals surface area contributed by atoms with Crippen LogP contribution in [0.4, 0.5) is 0 Å². The zero-order valence-electron chi connectivity index (χ0n) is 12.1. The Kier molecular flexibility index (Phi) is 6.04. The average Bonchev–Trinajstić information content (AvgIpc) is 2.88. The molecule has 0 atom stereocenters. The van der Waals surface area contributed by atoms with E-state index < -0.39 is 0 Å². The van der Waals surface area contributed by atoms with Crippen molar-refractivity contribution in [3.63, 3.8) is 0 Å². The lowest BCUT2D eigenvalue weighted by atomic mass is 9.93. The molecule has 19 heavy (non-hydrogen) atoms. The number of hydrogen-bond donors (Lipinski definition) is 1. The zero-order valence-corrected chi connectivity index (χ0v) is 15.2. The molecule has 1 N–H and O–H groups in total. The molecule has 1 aromatic rings. The van der Waals surface area contributed by atoms with Gasteiger partial charge in [0.15, 0.2) is 5.96 Å². The highest BCUT2D eigenvalue weighted by atomic mass is 127. The maximum Gasteiger partial charge on any atom is 0.193 e. The smallest absolute Gasteiger partial charge is 0.193 e. The van der Waals surface area contributed by atoms with Crippen LogP contribution in [-0.4, -0.2) is 42.5 Å². The molecular weight excluding hydrogens is 371 g/mol. The lowest BCUT2D eigenvalue weighted by Crippen LogP contribution is -2.36. The number of nitrogens with one attached hydrogen (secondary N) is 1. The van der Waals surface area contributed by atoms with Crippen LogP contribution in [0, 0.1) is 0 Å². The molecule has 0 saturated carbocycles. The first-order valence-electron chi connectivity index (χ1n) is 6.41. The van der Waals surface area contributed by atoms with Gasteiger partial charge in [-0.05, 0) is 0 Å². The molecule has 108 valence electrons. The highest BCUT2D eigenvalue weighted by Gasteiger charge is 2.17. The third kappa shape index (κ3) is 4.59. The summed E-state index contributed by atoms with van der Waals surface area (Å²) in [6, 6.07) is 0. The van der Waals surface area contributed by atoms with Gasteiger partial charge >= 0.3 is 0 Å². The molecule has 0 aromatic carbocycles. The van der Waals surface area contributed by atoms with E-state index in [0.717, 1.165) is 32.0 Å². The number of likely N-dealkylation sites (N-methyl/N-ethyl adjacent to an activating group) is 1. The lowest BCUT2D eigenvalue weighted by molar-refractivity contribution is 0.534. The number of rotatable bonds is 3. The molecule has 0 radical (unpaired) electrons. The number of halogens is 1. The lowest BCUT2D eigenvalue weighted by Gasteiger charge is -2.15. The van der Waals surface area contributed by atoms with Crippen molar-refractivity contribution in [2.45, 2.75) is 32.6 Å². The Hall–Kier alpha value is -0.370. The van der Waals surface area contributed by atoms with Gasteiger partial charge in [-0.25, -0.2) is 4.98 Å². The molecule has 0 fully saturated rings. The summed E-state index contributed by atoms with van der Waals surface area (Å²) in [6.45, 7) is 9.43. The molecule has 1 aliphatic heterocycles. The van der Waals surface area contributed by atoms with E-state index in [-0.39, 0.29) is 29.4 Å². The number of thiazole rings is 1. The van der Waals surface area contributed by atoms with Crippen molar-refractivity contribution >= 4 is 41.3 Å². The van der Waals surface area contributed by atoms with Gasteiger partial charge in [0.25, 0.3) is 0 Å². The first-order chi connectivity index (χ1) is 8.47. The fraction of sp³-hybridized carbons (Fsp3) is 0.692. The number of nitrogens with zero attached hydrogens (tertiary/aromatic N) is 3. The van der Waals surface area contributed by atoms with E-state index in [0.29, 0.717) is 0 Å². The summed E-state index contributed by atoms with van der Waals surface area (Å²) in [5, 5.41) is 6.75. The van der Waals surface area contributed by atoms with Crippen LogP contribution in [0.5, 0.6) is 0 Å². The summed E-state index contributed by atoms with van der Waals surface area (Å²) >= 11 is 1.76. The van der Waals surface area contributed by atoms with Gasteiger partial charge in [0.2, 0.25) is 0 Å². The van der Waals surface area contributed by atoms with Crippen molar-refractivity contribution < 1.29 is 0 Å². The Labute approximate surface area is 136 Å². The van der Waals surface area contributed by atoms with Crippen LogP contribution in [0.2, 0.25) is 0 Å². The maximum atomic E-state index is 4.69. The van der Waals surface area contributed by atoms with E-state index in [4.69, 9.17) is 0 Å². The molecule has 0 amide bonds. The van der Waals surface area contributed by atoms with E-state index >= 15 is 0 Å². The Balaban J connectivity index is 0.00000180. The first-order valence-corrected chi connectivity index (χ1v) is 7.29. The summed E-state index contributed by atoms with van der Waals surface area (Å²) in [6.07, 6.45) is 0.966. The van der Waals surface area contributed by atoms with Gasteiger partial charge in [0.1, 0.15) is 0 Å². The van der Waals surface area contributed by atoms with Gasteiger partial charge in [-0.3, -0.25) is 4.99 Å². The average molecular weight is 394 g/mol. The number of guanidine groups is 1. The molecule has 1 aliphatic rings. The van der Waals surface area contributed by atoms with Crippen LogP contribution in [0.3, 0.4) is 0 Å². The van der Waals surface area contributed by atoms with Crippen LogP contribution in [-0.2, 0) is 11.8 Å². The normalized spacial score (nSPS) is 15.2. The van der Waals surface area contributed by atoms with Crippen LogP contribution in [0.25, 0.3) is 0 Å². The molecule has 2 rings (SSSR count). The van der Waals surface area contributed by atoms with Gasteiger partial charge in [-0.1, -0.05) is 20.8 Å². The minimum atomic E-state index is 0. The summed E-state index contributed by atoms with van der Waals surface area (Å²) < 4.78 is 0. The summed E-state index contributed by atoms with van der Waals surface area (Å²) in [4.78, 5) is 11.3. The fourth-order valence-electron chi connectivity index (χ4n) is 1.77. The van der Waals surface area contributed by atoms with Crippen molar-refractivity contribution in [3.05, 3.63) is 16.1 Å². The molecular formula is C13H23IN4S. The molecule has 2 heterocycles. The largest absolute Gasteiger partial charge is 0.356 e. The summed E-state index contributed by atoms with van der Waals surface area (Å²) in [5.41, 5.74) is 1.34. The van der Waals surface area contributed by atoms with Crippen LogP contribution >= 0.6 is 35.3 Å². The van der Waals surface area contributed by atoms with E-state index in [9.17, 15) is 0 Å². The van der Waals surface area contributed by atoms with E-state index in [1.165, 1.54) is 10.7 Å². The predicted molar refractivity (Wildman–Crippen MR) is 92.9 cm³/mol. The summed E-state index contributed by atoms with van der Waals surface area (Å²) in [5.74, 6) is 1.02. The number of aromatic nitrogens is 1. The Bertz CT molecular complexity index is 436. The van der Waals surface area contributed by atoms with E-state index in [2.05, 4.69) is 53.4 Å². The third-order valence-electron chi connectivity index (χ3n) is 3.00. The highest BCUT2D eigenvalue weighted by Crippen LogP contribution is 2.23. The minimum absolute atomic E-state index is 0. The monoisotopic (exact) mass is 394 g/mol. The quantitative estimate of drug-likeness (QED) is 0.801. The molecule has 0 bridgehead atoms. The van der Waals surface area contributed by atoms with Gasteiger partial charge in [0.05, 0.1) is 17.2 Å². The molecule has 0 spiro atoms. The third-order valence-corrected chi connectivity index (χ3v) is 3.91. The molecule has 0 saturated heterocycles. The molecule has 0 unspecified atom stereocenters. The van der Waals surface area contributed by atoms with Crippen molar-refractivity contribution in [1.82, 2.24) is 15.2 Å². The second kappa shape index (κ2) is 6.88. The SMILES string of the molecule is CN1CCN=C1NCCc1nc(C(C)(C)C)cs1.I. The molecule has 6 heteroatoms. The summed E-state index contributed by atoms with van der Waals surface area (Å²) in [7, 11) is 2.07. The predicted octanol–water partition coefficient (Wildman–Crippen LogP) is 2.49. The van der Waals surface area contributed by atoms with Crippen LogP contribution < -0.4 is 5.32 Å². The van der Waals surface area contributed by atoms with E-state index in [1.807, 2.05) is 0 Å². The van der Waals surface area contributed by atoms with Crippen molar-refractivity contribution in [1.29, 1.82) is 0 Å². The van der Waals surface area contributed by atoms with Crippen LogP contribution in [0.15, 0.2) is 10.4 Å². The van der Waals surface area contributed by atoms with Gasteiger partial charge in [-0.15, -0.1) is 35.3 Å². The Morgan fingerprint density at radius 3 is 2.68 bits per heavy atom. The van der Waals surface area contributed by atoms with Gasteiger partial charge in [-0.2, -0.15) is 0 Å². The topological polar surface area (TPSA) is 40.5 Å². The second-order valence-corrected chi connectivity index (χ2v) is 6.62. The van der Waals surface area contributed by atoms with Crippen molar-refractivity contribution in [3.8, 4) is 0 Å². The number of hydrogen-bond acceptors (Lipinski definition) is 5. The van der Waals surface area contributed by atoms with E-state index in [1.54, 1.807) is 11.3 Å². The van der Waals surface area contributed by atoms with Crippen molar-refractivity contribution in [2.75, 3.05) is 26.7 Å². The minimum Gasteiger partial charge on any atom is -0.356 e. The number of aliphatic imine (C=N–C) groups is 1. The molecule has 0 aliphatic carbocycles. The van der Waals surface area contributed by atoms with Crippen LogP contribution in [0.1, 0.15) is 31.5 Å². The molecule has 1 aromatic heterocycles. The Morgan fingerprint density at radius 1 is 1.42 bits per heavy atom. The molecule has 4 nitrogen and oxygen atoms in total. The highest BCUT2D eigenvalue weighted by molar-refractivity contribution is 14.0. The van der Waals surface area contributed by atoms with Gasteiger partial charge < -0.3 is 10.2 Å². The second-order valence-electron chi connectivity index (χ2n) is 5.68. The van der Waals surface area contributed by atoms with Gasteiger partial charge in [0, 0.05) is 37.4 Å². The standard InChI is InChI=1S/C13H22N4S.HI/c1-13(2,3)10-9-18-11(16-10)5-6-14-12-15-7-8-17(12)4;/h9H,5-8H2,1-4H3,(H,14,15);1H. The first kappa shape index (κ1) is 16.7. The maximum absolute atomic E-state index is 4.69. The van der Waals surface area contributed by atoms with Crippen molar-refractivity contribution in [2.24, 2.45) is 4.99 Å². The Morgan fingerprint density at radius 2 is 2.16 bits per heavy atom. The zero-order chi connectivity index (χ0) is 13.2. The fourth-order valence-corrected chi connectivity index (χ4v) is 2.80.